The average Bonchev–Trinajstić information content (AvgIpc) is 3.31. The average molecular weight is 332 g/mol. The summed E-state index contributed by atoms with van der Waals surface area (Å²) in [4.78, 5) is 28.4. The van der Waals surface area contributed by atoms with Crippen LogP contribution < -0.4 is 0 Å². The molecule has 0 radical (unpaired) electrons. The van der Waals surface area contributed by atoms with Crippen molar-refractivity contribution in [2.24, 2.45) is 11.8 Å². The summed E-state index contributed by atoms with van der Waals surface area (Å²) in [7, 11) is 0. The van der Waals surface area contributed by atoms with Gasteiger partial charge in [-0.05, 0) is 12.1 Å². The van der Waals surface area contributed by atoms with Gasteiger partial charge >= 0.3 is 5.97 Å². The van der Waals surface area contributed by atoms with Crippen molar-refractivity contribution in [1.82, 2.24) is 9.80 Å². The van der Waals surface area contributed by atoms with E-state index in [0.717, 1.165) is 25.4 Å². The molecule has 2 fully saturated rings. The number of nitrogens with zero attached hydrogens (tertiary/aromatic N) is 2. The molecule has 0 aromatic carbocycles. The monoisotopic (exact) mass is 332 g/mol. The molecule has 1 N–H and O–H groups in total. The zero-order valence-electron chi connectivity index (χ0n) is 13.2. The molecule has 2 saturated heterocycles. The lowest BCUT2D eigenvalue weighted by Crippen LogP contribution is -2.52. The smallest absolute Gasteiger partial charge is 0.310 e. The lowest BCUT2D eigenvalue weighted by atomic mass is 9.82. The maximum atomic E-state index is 12.8. The zero-order chi connectivity index (χ0) is 16.7. The van der Waals surface area contributed by atoms with E-state index in [9.17, 15) is 14.7 Å². The first kappa shape index (κ1) is 15.4. The van der Waals surface area contributed by atoms with E-state index in [-0.39, 0.29) is 5.91 Å². The minimum atomic E-state index is -0.957. The van der Waals surface area contributed by atoms with Crippen LogP contribution in [0.4, 0.5) is 0 Å². The topological polar surface area (TPSA) is 83.2 Å². The molecule has 0 spiro atoms. The number of hydrogen-bond acceptors (Lipinski definition) is 5. The number of hydrogen-bond donors (Lipinski definition) is 1. The van der Waals surface area contributed by atoms with Crippen LogP contribution in [0.25, 0.3) is 0 Å². The van der Waals surface area contributed by atoms with Gasteiger partial charge in [0.2, 0.25) is 5.91 Å². The van der Waals surface area contributed by atoms with Crippen molar-refractivity contribution in [3.05, 3.63) is 36.3 Å². The Bertz CT molecular complexity index is 648. The minimum absolute atomic E-state index is 0.100. The van der Waals surface area contributed by atoms with Gasteiger partial charge in [0.25, 0.3) is 0 Å². The van der Waals surface area contributed by atoms with E-state index in [0.29, 0.717) is 13.1 Å². The number of carbonyl (C=O) groups is 2. The number of fused-ring (bicyclic) bond motifs is 2. The van der Waals surface area contributed by atoms with Crippen molar-refractivity contribution in [2.75, 3.05) is 26.2 Å². The van der Waals surface area contributed by atoms with Crippen LogP contribution in [0, 0.1) is 11.8 Å². The molecule has 3 aliphatic heterocycles. The molecular formula is C17H20N2O5. The lowest BCUT2D eigenvalue weighted by Gasteiger charge is -2.36. The van der Waals surface area contributed by atoms with E-state index in [2.05, 4.69) is 4.90 Å². The Balaban J connectivity index is 1.38. The third-order valence-corrected chi connectivity index (χ3v) is 5.11. The first-order valence-electron chi connectivity index (χ1n) is 8.23. The van der Waals surface area contributed by atoms with Gasteiger partial charge in [-0.2, -0.15) is 0 Å². The second-order valence-electron chi connectivity index (χ2n) is 6.52. The number of piperazine rings is 1. The summed E-state index contributed by atoms with van der Waals surface area (Å²) in [6.07, 6.45) is 4.37. The molecule has 4 rings (SSSR count). The van der Waals surface area contributed by atoms with Gasteiger partial charge in [0.1, 0.15) is 11.7 Å². The van der Waals surface area contributed by atoms with Crippen LogP contribution in [0.1, 0.15) is 5.76 Å². The molecule has 24 heavy (non-hydrogen) atoms. The first-order chi connectivity index (χ1) is 11.6. The quantitative estimate of drug-likeness (QED) is 0.812. The fraction of sp³-hybridized carbons (Fsp3) is 0.529. The number of ether oxygens (including phenoxy) is 1. The van der Waals surface area contributed by atoms with E-state index in [1.807, 2.05) is 18.2 Å². The molecule has 7 nitrogen and oxygen atoms in total. The molecule has 2 bridgehead atoms. The second kappa shape index (κ2) is 6.07. The third-order valence-electron chi connectivity index (χ3n) is 5.11. The Hall–Kier alpha value is -2.12. The van der Waals surface area contributed by atoms with E-state index in [1.54, 1.807) is 17.2 Å². The number of carboxylic acids is 1. The number of amides is 1. The lowest BCUT2D eigenvalue weighted by molar-refractivity contribution is -0.150. The van der Waals surface area contributed by atoms with Gasteiger partial charge in [-0.25, -0.2) is 0 Å². The van der Waals surface area contributed by atoms with Gasteiger partial charge in [0.05, 0.1) is 30.9 Å². The SMILES string of the molecule is O=C(O)[C@@H]1[C@@H](C(=O)N2CCN(Cc3ccco3)CC2)[C@@H]2C=C[C@@H]1O2. The van der Waals surface area contributed by atoms with Gasteiger partial charge in [0, 0.05) is 26.2 Å². The maximum Gasteiger partial charge on any atom is 0.310 e. The van der Waals surface area contributed by atoms with E-state index in [4.69, 9.17) is 9.15 Å². The van der Waals surface area contributed by atoms with E-state index >= 15 is 0 Å². The Morgan fingerprint density at radius 3 is 2.46 bits per heavy atom. The Labute approximate surface area is 139 Å². The van der Waals surface area contributed by atoms with Gasteiger partial charge < -0.3 is 19.2 Å². The van der Waals surface area contributed by atoms with Crippen molar-refractivity contribution >= 4 is 11.9 Å². The van der Waals surface area contributed by atoms with Crippen molar-refractivity contribution in [1.29, 1.82) is 0 Å². The van der Waals surface area contributed by atoms with Crippen LogP contribution >= 0.6 is 0 Å². The largest absolute Gasteiger partial charge is 0.481 e. The molecule has 128 valence electrons. The summed E-state index contributed by atoms with van der Waals surface area (Å²) in [5, 5.41) is 9.44. The van der Waals surface area contributed by atoms with Crippen molar-refractivity contribution in [3.63, 3.8) is 0 Å². The zero-order valence-corrected chi connectivity index (χ0v) is 13.2. The highest BCUT2D eigenvalue weighted by Crippen LogP contribution is 2.40. The third kappa shape index (κ3) is 2.63. The normalized spacial score (nSPS) is 32.4. The molecule has 0 saturated carbocycles. The van der Waals surface area contributed by atoms with Gasteiger partial charge in [-0.3, -0.25) is 14.5 Å². The molecule has 0 aliphatic carbocycles. The van der Waals surface area contributed by atoms with Crippen molar-refractivity contribution in [3.8, 4) is 0 Å². The van der Waals surface area contributed by atoms with Gasteiger partial charge in [-0.1, -0.05) is 12.2 Å². The minimum Gasteiger partial charge on any atom is -0.481 e. The fourth-order valence-electron chi connectivity index (χ4n) is 3.86. The summed E-state index contributed by atoms with van der Waals surface area (Å²) >= 11 is 0. The fourth-order valence-corrected chi connectivity index (χ4v) is 3.86. The number of carbonyl (C=O) groups excluding carboxylic acids is 1. The Kier molecular flexibility index (Phi) is 3.90. The van der Waals surface area contributed by atoms with Gasteiger partial charge in [0.15, 0.2) is 0 Å². The molecule has 4 heterocycles. The van der Waals surface area contributed by atoms with Crippen LogP contribution in [0.15, 0.2) is 35.0 Å². The highest BCUT2D eigenvalue weighted by Gasteiger charge is 2.54. The van der Waals surface area contributed by atoms with Crippen LogP contribution in [-0.4, -0.2) is 65.2 Å². The molecule has 7 heteroatoms. The van der Waals surface area contributed by atoms with Crippen LogP contribution in [0.2, 0.25) is 0 Å². The molecule has 1 aromatic rings. The standard InChI is InChI=1S/C17H20N2O5/c20-16(14-12-3-4-13(24-12)15(14)17(21)22)19-7-5-18(6-8-19)10-11-2-1-9-23-11/h1-4,9,12-15H,5-8,10H2,(H,21,22)/t12-,13-,14-,15-/m0/s1. The number of aliphatic carboxylic acids is 1. The van der Waals surface area contributed by atoms with Crippen LogP contribution in [0.5, 0.6) is 0 Å². The van der Waals surface area contributed by atoms with Gasteiger partial charge in [-0.15, -0.1) is 0 Å². The molecule has 1 aromatic heterocycles. The number of furan rings is 1. The number of rotatable bonds is 4. The Morgan fingerprint density at radius 1 is 1.12 bits per heavy atom. The molecule has 0 unspecified atom stereocenters. The predicted octanol–water partition coefficient (Wildman–Crippen LogP) is 0.578. The first-order valence-corrected chi connectivity index (χ1v) is 8.23. The summed E-state index contributed by atoms with van der Waals surface area (Å²) in [5.74, 6) is -1.52. The predicted molar refractivity (Wildman–Crippen MR) is 83.0 cm³/mol. The molecule has 1 amide bonds. The molecular weight excluding hydrogens is 312 g/mol. The van der Waals surface area contributed by atoms with E-state index in [1.165, 1.54) is 0 Å². The summed E-state index contributed by atoms with van der Waals surface area (Å²) in [6, 6.07) is 3.80. The highest BCUT2D eigenvalue weighted by atomic mass is 16.5. The summed E-state index contributed by atoms with van der Waals surface area (Å²) in [5.41, 5.74) is 0. The summed E-state index contributed by atoms with van der Waals surface area (Å²) in [6.45, 7) is 3.43. The Morgan fingerprint density at radius 2 is 1.83 bits per heavy atom. The highest BCUT2D eigenvalue weighted by molar-refractivity contribution is 5.87. The van der Waals surface area contributed by atoms with Crippen molar-refractivity contribution < 1.29 is 23.8 Å². The summed E-state index contributed by atoms with van der Waals surface area (Å²) < 4.78 is 11.0. The second-order valence-corrected chi connectivity index (χ2v) is 6.52. The molecule has 4 atom stereocenters. The van der Waals surface area contributed by atoms with Crippen molar-refractivity contribution in [2.45, 2.75) is 18.8 Å². The number of carboxylic acid groups (broad SMARTS) is 1. The maximum absolute atomic E-state index is 12.8. The van der Waals surface area contributed by atoms with Crippen LogP contribution in [-0.2, 0) is 20.9 Å². The molecule has 3 aliphatic rings. The van der Waals surface area contributed by atoms with E-state index < -0.39 is 30.0 Å². The van der Waals surface area contributed by atoms with Crippen LogP contribution in [0.3, 0.4) is 0 Å².